The molecular weight excluding hydrogens is 430 g/mol. The van der Waals surface area contributed by atoms with Crippen LogP contribution in [0.2, 0.25) is 0 Å². The molecule has 2 heterocycles. The first-order chi connectivity index (χ1) is 15.5. The number of ether oxygens (including phenoxy) is 1. The number of sulfonamides is 1. The lowest BCUT2D eigenvalue weighted by atomic mass is 10.0. The molecule has 8 nitrogen and oxygen atoms in total. The Morgan fingerprint density at radius 1 is 0.969 bits per heavy atom. The van der Waals surface area contributed by atoms with E-state index in [1.54, 1.807) is 23.7 Å². The molecule has 0 spiro atoms. The number of morpholine rings is 1. The smallest absolute Gasteiger partial charge is 0.243 e. The van der Waals surface area contributed by atoms with Crippen LogP contribution in [-0.2, 0) is 21.3 Å². The number of hydrogen-bond acceptors (Lipinski definition) is 7. The van der Waals surface area contributed by atoms with Crippen LogP contribution in [0.4, 0.5) is 0 Å². The van der Waals surface area contributed by atoms with Gasteiger partial charge < -0.3 is 15.1 Å². The molecule has 2 aromatic rings. The van der Waals surface area contributed by atoms with Gasteiger partial charge in [-0.15, -0.1) is 0 Å². The van der Waals surface area contributed by atoms with Gasteiger partial charge in [-0.3, -0.25) is 4.90 Å². The minimum Gasteiger partial charge on any atom is -0.379 e. The summed E-state index contributed by atoms with van der Waals surface area (Å²) < 4.78 is 32.7. The third-order valence-electron chi connectivity index (χ3n) is 5.97. The first-order valence-electron chi connectivity index (χ1n) is 10.7. The number of aliphatic hydroxyl groups excluding tert-OH is 1. The Bertz CT molecular complexity index is 1030. The fraction of sp³-hybridized carbons (Fsp3) is 0.391. The predicted octanol–water partition coefficient (Wildman–Crippen LogP) is 1.80. The van der Waals surface area contributed by atoms with Crippen LogP contribution >= 0.6 is 0 Å². The minimum atomic E-state index is -3.63. The van der Waals surface area contributed by atoms with Gasteiger partial charge in [0.05, 0.1) is 18.1 Å². The molecule has 2 aromatic carbocycles. The molecule has 0 amide bonds. The Balaban J connectivity index is 1.42. The molecule has 32 heavy (non-hydrogen) atoms. The van der Waals surface area contributed by atoms with Crippen molar-refractivity contribution in [1.29, 1.82) is 0 Å². The maximum absolute atomic E-state index is 13.0. The number of rotatable bonds is 7. The molecule has 1 atom stereocenters. The van der Waals surface area contributed by atoms with E-state index in [-0.39, 0.29) is 18.0 Å². The second-order valence-corrected chi connectivity index (χ2v) is 9.97. The summed E-state index contributed by atoms with van der Waals surface area (Å²) in [5, 5.41) is 18.4. The van der Waals surface area contributed by atoms with Crippen molar-refractivity contribution in [1.82, 2.24) is 14.7 Å². The van der Waals surface area contributed by atoms with Crippen LogP contribution in [0, 0.1) is 0 Å². The molecule has 0 aliphatic carbocycles. The standard InChI is InChI=1S/C23H29N3O5S/c27-23(24-28)21-9-11-26(12-10-21)32(29,30)22-7-5-20(6-8-22)19-3-1-18(2-4-19)17-25-13-15-31-16-14-25/h1-9,23-24,27-28H,10-17H2. The van der Waals surface area contributed by atoms with E-state index in [1.807, 2.05) is 12.1 Å². The van der Waals surface area contributed by atoms with Crippen molar-refractivity contribution in [3.05, 3.63) is 65.7 Å². The molecule has 9 heteroatoms. The van der Waals surface area contributed by atoms with E-state index in [0.29, 0.717) is 12.0 Å². The molecule has 1 saturated heterocycles. The molecule has 0 bridgehead atoms. The zero-order chi connectivity index (χ0) is 22.6. The van der Waals surface area contributed by atoms with Gasteiger partial charge in [0, 0.05) is 32.7 Å². The molecule has 0 aromatic heterocycles. The maximum atomic E-state index is 13.0. The quantitative estimate of drug-likeness (QED) is 0.330. The van der Waals surface area contributed by atoms with Crippen molar-refractivity contribution in [2.45, 2.75) is 24.1 Å². The van der Waals surface area contributed by atoms with Crippen LogP contribution in [0.5, 0.6) is 0 Å². The third-order valence-corrected chi connectivity index (χ3v) is 7.85. The normalized spacial score (nSPS) is 19.5. The number of nitrogens with zero attached hydrogens (tertiary/aromatic N) is 2. The monoisotopic (exact) mass is 459 g/mol. The molecule has 0 saturated carbocycles. The van der Waals surface area contributed by atoms with Gasteiger partial charge in [0.25, 0.3) is 0 Å². The number of hydroxylamine groups is 1. The minimum absolute atomic E-state index is 0.156. The SMILES string of the molecule is O=S(=O)(c1ccc(-c2ccc(CN3CCOCC3)cc2)cc1)N1CC=C(C(O)NO)CC1. The highest BCUT2D eigenvalue weighted by Crippen LogP contribution is 2.25. The van der Waals surface area contributed by atoms with Gasteiger partial charge in [0.2, 0.25) is 10.0 Å². The van der Waals surface area contributed by atoms with Crippen molar-refractivity contribution in [3.63, 3.8) is 0 Å². The molecular formula is C23H29N3O5S. The fourth-order valence-electron chi connectivity index (χ4n) is 4.00. The first kappa shape index (κ1) is 23.1. The van der Waals surface area contributed by atoms with Crippen molar-refractivity contribution in [2.75, 3.05) is 39.4 Å². The van der Waals surface area contributed by atoms with Crippen LogP contribution in [0.1, 0.15) is 12.0 Å². The van der Waals surface area contributed by atoms with E-state index in [1.165, 1.54) is 9.87 Å². The summed E-state index contributed by atoms with van der Waals surface area (Å²) in [6.07, 6.45) is 0.810. The van der Waals surface area contributed by atoms with Crippen molar-refractivity contribution in [2.24, 2.45) is 0 Å². The maximum Gasteiger partial charge on any atom is 0.243 e. The predicted molar refractivity (Wildman–Crippen MR) is 120 cm³/mol. The number of hydrogen-bond donors (Lipinski definition) is 3. The number of nitrogens with one attached hydrogen (secondary N) is 1. The van der Waals surface area contributed by atoms with Crippen LogP contribution in [-0.4, -0.2) is 73.6 Å². The topological polar surface area (TPSA) is 102 Å². The first-order valence-corrected chi connectivity index (χ1v) is 12.2. The Hall–Kier alpha value is -2.11. The van der Waals surface area contributed by atoms with Gasteiger partial charge in [0.1, 0.15) is 6.23 Å². The van der Waals surface area contributed by atoms with E-state index in [9.17, 15) is 13.5 Å². The van der Waals surface area contributed by atoms with E-state index in [0.717, 1.165) is 44.0 Å². The molecule has 4 rings (SSSR count). The van der Waals surface area contributed by atoms with E-state index < -0.39 is 16.3 Å². The van der Waals surface area contributed by atoms with E-state index >= 15 is 0 Å². The lowest BCUT2D eigenvalue weighted by Gasteiger charge is -2.27. The van der Waals surface area contributed by atoms with Crippen LogP contribution in [0.15, 0.2) is 65.1 Å². The lowest BCUT2D eigenvalue weighted by molar-refractivity contribution is 0.0217. The Morgan fingerprint density at radius 3 is 2.16 bits per heavy atom. The van der Waals surface area contributed by atoms with Gasteiger partial charge in [-0.2, -0.15) is 9.79 Å². The summed E-state index contributed by atoms with van der Waals surface area (Å²) in [4.78, 5) is 2.61. The molecule has 2 aliphatic rings. The third kappa shape index (κ3) is 5.26. The van der Waals surface area contributed by atoms with Crippen molar-refractivity contribution in [3.8, 4) is 11.1 Å². The summed E-state index contributed by atoms with van der Waals surface area (Å²) in [6, 6.07) is 15.3. The Kier molecular flexibility index (Phi) is 7.37. The second kappa shape index (κ2) is 10.2. The molecule has 172 valence electrons. The van der Waals surface area contributed by atoms with E-state index in [4.69, 9.17) is 9.94 Å². The van der Waals surface area contributed by atoms with Gasteiger partial charge in [0.15, 0.2) is 0 Å². The summed E-state index contributed by atoms with van der Waals surface area (Å²) in [5.74, 6) is 0. The summed E-state index contributed by atoms with van der Waals surface area (Å²) in [5.41, 5.74) is 5.59. The summed E-state index contributed by atoms with van der Waals surface area (Å²) in [6.45, 7) is 4.77. The van der Waals surface area contributed by atoms with Crippen LogP contribution < -0.4 is 5.48 Å². The van der Waals surface area contributed by atoms with Crippen molar-refractivity contribution >= 4 is 10.0 Å². The molecule has 0 radical (unpaired) electrons. The fourth-order valence-corrected chi connectivity index (χ4v) is 5.38. The highest BCUT2D eigenvalue weighted by atomic mass is 32.2. The van der Waals surface area contributed by atoms with Gasteiger partial charge in [-0.25, -0.2) is 8.42 Å². The van der Waals surface area contributed by atoms with Crippen LogP contribution in [0.3, 0.4) is 0 Å². The van der Waals surface area contributed by atoms with Crippen molar-refractivity contribution < 1.29 is 23.5 Å². The summed E-state index contributed by atoms with van der Waals surface area (Å²) >= 11 is 0. The summed E-state index contributed by atoms with van der Waals surface area (Å²) in [7, 11) is -3.63. The largest absolute Gasteiger partial charge is 0.379 e. The Labute approximate surface area is 188 Å². The average Bonchev–Trinajstić information content (AvgIpc) is 2.85. The second-order valence-electron chi connectivity index (χ2n) is 8.03. The average molecular weight is 460 g/mol. The van der Waals surface area contributed by atoms with Crippen LogP contribution in [0.25, 0.3) is 11.1 Å². The van der Waals surface area contributed by atoms with Gasteiger partial charge >= 0.3 is 0 Å². The number of aliphatic hydroxyl groups is 1. The molecule has 1 fully saturated rings. The molecule has 2 aliphatic heterocycles. The zero-order valence-electron chi connectivity index (χ0n) is 17.9. The zero-order valence-corrected chi connectivity index (χ0v) is 18.7. The highest BCUT2D eigenvalue weighted by molar-refractivity contribution is 7.89. The Morgan fingerprint density at radius 2 is 1.59 bits per heavy atom. The van der Waals surface area contributed by atoms with Gasteiger partial charge in [-0.1, -0.05) is 42.5 Å². The lowest BCUT2D eigenvalue weighted by Crippen LogP contribution is -2.38. The molecule has 3 N–H and O–H groups in total. The number of benzene rings is 2. The highest BCUT2D eigenvalue weighted by Gasteiger charge is 2.27. The van der Waals surface area contributed by atoms with Gasteiger partial charge in [-0.05, 0) is 40.8 Å². The molecule has 1 unspecified atom stereocenters. The van der Waals surface area contributed by atoms with E-state index in [2.05, 4.69) is 29.2 Å².